The van der Waals surface area contributed by atoms with E-state index < -0.39 is 28.4 Å². The quantitative estimate of drug-likeness (QED) is 0.662. The number of ether oxygens (including phenoxy) is 1. The van der Waals surface area contributed by atoms with E-state index in [0.717, 1.165) is 15.5 Å². The number of methoxy groups -OCH3 is 1. The van der Waals surface area contributed by atoms with Crippen LogP contribution in [-0.4, -0.2) is 58.6 Å². The zero-order valence-corrected chi connectivity index (χ0v) is 18.7. The number of nitrogens with zero attached hydrogens (tertiary/aromatic N) is 2. The Morgan fingerprint density at radius 2 is 1.80 bits per heavy atom. The molecular formula is C20H24ClN3O5S. The average Bonchev–Trinajstić information content (AvgIpc) is 2.65. The van der Waals surface area contributed by atoms with E-state index in [-0.39, 0.29) is 6.54 Å². The van der Waals surface area contributed by atoms with Gasteiger partial charge in [-0.15, -0.1) is 0 Å². The first-order chi connectivity index (χ1) is 14.0. The lowest BCUT2D eigenvalue weighted by atomic mass is 10.2. The van der Waals surface area contributed by atoms with Crippen molar-refractivity contribution < 1.29 is 22.7 Å². The predicted molar refractivity (Wildman–Crippen MR) is 118 cm³/mol. The molecule has 30 heavy (non-hydrogen) atoms. The molecule has 2 amide bonds. The van der Waals surface area contributed by atoms with Crippen LogP contribution in [-0.2, 0) is 19.6 Å². The number of anilines is 2. The van der Waals surface area contributed by atoms with Gasteiger partial charge in [-0.2, -0.15) is 0 Å². The first kappa shape index (κ1) is 23.5. The summed E-state index contributed by atoms with van der Waals surface area (Å²) < 4.78 is 30.7. The summed E-state index contributed by atoms with van der Waals surface area (Å²) in [5, 5.41) is 3.05. The molecule has 0 bridgehead atoms. The molecule has 0 saturated heterocycles. The number of hydrogen-bond acceptors (Lipinski definition) is 5. The van der Waals surface area contributed by atoms with Crippen LogP contribution in [0.25, 0.3) is 0 Å². The Balaban J connectivity index is 2.10. The monoisotopic (exact) mass is 453 g/mol. The Labute approximate surface area is 181 Å². The van der Waals surface area contributed by atoms with E-state index in [4.69, 9.17) is 16.3 Å². The fourth-order valence-electron chi connectivity index (χ4n) is 2.74. The average molecular weight is 454 g/mol. The van der Waals surface area contributed by atoms with Gasteiger partial charge in [-0.25, -0.2) is 8.42 Å². The molecule has 0 spiro atoms. The number of aryl methyl sites for hydroxylation is 1. The number of hydrogen-bond donors (Lipinski definition) is 1. The summed E-state index contributed by atoms with van der Waals surface area (Å²) in [7, 11) is -0.822. The normalized spacial score (nSPS) is 11.0. The van der Waals surface area contributed by atoms with Crippen molar-refractivity contribution in [2.75, 3.05) is 43.1 Å². The number of para-hydroxylation sites is 1. The van der Waals surface area contributed by atoms with Crippen LogP contribution in [0.5, 0.6) is 5.75 Å². The van der Waals surface area contributed by atoms with Gasteiger partial charge in [0.1, 0.15) is 12.3 Å². The van der Waals surface area contributed by atoms with Gasteiger partial charge >= 0.3 is 0 Å². The second-order valence-corrected chi connectivity index (χ2v) is 9.04. The Morgan fingerprint density at radius 1 is 1.13 bits per heavy atom. The van der Waals surface area contributed by atoms with Crippen LogP contribution in [0.4, 0.5) is 11.4 Å². The zero-order valence-electron chi connectivity index (χ0n) is 17.2. The number of nitrogens with one attached hydrogen (secondary N) is 1. The van der Waals surface area contributed by atoms with Crippen molar-refractivity contribution in [3.63, 3.8) is 0 Å². The van der Waals surface area contributed by atoms with E-state index in [2.05, 4.69) is 5.32 Å². The molecule has 10 heteroatoms. The van der Waals surface area contributed by atoms with Gasteiger partial charge in [0.05, 0.1) is 31.3 Å². The minimum atomic E-state index is -3.71. The molecule has 0 aliphatic heterocycles. The second kappa shape index (κ2) is 9.82. The molecule has 1 N–H and O–H groups in total. The van der Waals surface area contributed by atoms with Gasteiger partial charge in [0, 0.05) is 12.1 Å². The van der Waals surface area contributed by atoms with Gasteiger partial charge in [-0.3, -0.25) is 13.9 Å². The third-order valence-corrected chi connectivity index (χ3v) is 5.67. The summed E-state index contributed by atoms with van der Waals surface area (Å²) in [6.45, 7) is 1.06. The molecule has 0 aliphatic carbocycles. The Hall–Kier alpha value is -2.78. The molecule has 0 fully saturated rings. The maximum Gasteiger partial charge on any atom is 0.244 e. The van der Waals surface area contributed by atoms with Crippen molar-refractivity contribution >= 4 is 44.8 Å². The minimum Gasteiger partial charge on any atom is -0.495 e. The van der Waals surface area contributed by atoms with Crippen LogP contribution in [0.2, 0.25) is 5.02 Å². The SMILES string of the molecule is COc1ccc(Cl)cc1NC(=O)CN(C)C(=O)CN(c1ccccc1C)S(C)(=O)=O. The third-order valence-electron chi connectivity index (χ3n) is 4.31. The van der Waals surface area contributed by atoms with Gasteiger partial charge in [0.2, 0.25) is 21.8 Å². The molecule has 0 unspecified atom stereocenters. The maximum absolute atomic E-state index is 12.6. The molecule has 8 nitrogen and oxygen atoms in total. The van der Waals surface area contributed by atoms with E-state index in [1.165, 1.54) is 20.2 Å². The highest BCUT2D eigenvalue weighted by atomic mass is 35.5. The molecule has 0 aliphatic rings. The van der Waals surface area contributed by atoms with Crippen molar-refractivity contribution in [3.05, 3.63) is 53.1 Å². The molecule has 0 radical (unpaired) electrons. The van der Waals surface area contributed by atoms with Crippen LogP contribution in [0.3, 0.4) is 0 Å². The molecule has 0 atom stereocenters. The largest absolute Gasteiger partial charge is 0.495 e. The van der Waals surface area contributed by atoms with Crippen LogP contribution >= 0.6 is 11.6 Å². The van der Waals surface area contributed by atoms with Crippen LogP contribution in [0, 0.1) is 6.92 Å². The number of benzene rings is 2. The van der Waals surface area contributed by atoms with Gasteiger partial charge in [-0.1, -0.05) is 29.8 Å². The number of amides is 2. The maximum atomic E-state index is 12.6. The summed E-state index contributed by atoms with van der Waals surface area (Å²) in [6.07, 6.45) is 1.03. The molecule has 162 valence electrons. The standard InChI is InChI=1S/C20H24ClN3O5S/c1-14-7-5-6-8-17(14)24(30(4,27)28)13-20(26)23(2)12-19(25)22-16-11-15(21)9-10-18(16)29-3/h5-11H,12-13H2,1-4H3,(H,22,25). The van der Waals surface area contributed by atoms with E-state index >= 15 is 0 Å². The molecule has 2 aromatic rings. The van der Waals surface area contributed by atoms with E-state index in [1.54, 1.807) is 43.3 Å². The molecule has 2 rings (SSSR count). The smallest absolute Gasteiger partial charge is 0.244 e. The van der Waals surface area contributed by atoms with Crippen molar-refractivity contribution in [2.45, 2.75) is 6.92 Å². The van der Waals surface area contributed by atoms with Crippen LogP contribution in [0.15, 0.2) is 42.5 Å². The van der Waals surface area contributed by atoms with Crippen molar-refractivity contribution in [3.8, 4) is 5.75 Å². The van der Waals surface area contributed by atoms with E-state index in [9.17, 15) is 18.0 Å². The summed E-state index contributed by atoms with van der Waals surface area (Å²) in [5.74, 6) is -0.588. The zero-order chi connectivity index (χ0) is 22.5. The number of carbonyl (C=O) groups is 2. The van der Waals surface area contributed by atoms with Gasteiger partial charge in [-0.05, 0) is 36.8 Å². The number of sulfonamides is 1. The Kier molecular flexibility index (Phi) is 7.69. The van der Waals surface area contributed by atoms with Crippen molar-refractivity contribution in [2.24, 2.45) is 0 Å². The van der Waals surface area contributed by atoms with E-state index in [1.807, 2.05) is 0 Å². The number of halogens is 1. The van der Waals surface area contributed by atoms with Gasteiger partial charge in [0.25, 0.3) is 0 Å². The summed E-state index contributed by atoms with van der Waals surface area (Å²) in [4.78, 5) is 26.2. The first-order valence-corrected chi connectivity index (χ1v) is 11.2. The lowest BCUT2D eigenvalue weighted by Gasteiger charge is -2.26. The molecule has 0 heterocycles. The van der Waals surface area contributed by atoms with Crippen molar-refractivity contribution in [1.29, 1.82) is 0 Å². The number of rotatable bonds is 8. The lowest BCUT2D eigenvalue weighted by Crippen LogP contribution is -2.43. The minimum absolute atomic E-state index is 0.278. The van der Waals surface area contributed by atoms with E-state index in [0.29, 0.717) is 27.7 Å². The topological polar surface area (TPSA) is 96.0 Å². The van der Waals surface area contributed by atoms with Crippen LogP contribution < -0.4 is 14.4 Å². The third kappa shape index (κ3) is 6.11. The molecule has 2 aromatic carbocycles. The summed E-state index contributed by atoms with van der Waals surface area (Å²) >= 11 is 5.95. The van der Waals surface area contributed by atoms with Gasteiger partial charge in [0.15, 0.2) is 0 Å². The van der Waals surface area contributed by atoms with Crippen molar-refractivity contribution in [1.82, 2.24) is 4.90 Å². The Bertz CT molecular complexity index is 1040. The molecule has 0 saturated carbocycles. The number of carbonyl (C=O) groups excluding carboxylic acids is 2. The predicted octanol–water partition coefficient (Wildman–Crippen LogP) is 2.52. The molecular weight excluding hydrogens is 430 g/mol. The first-order valence-electron chi connectivity index (χ1n) is 8.93. The highest BCUT2D eigenvalue weighted by Gasteiger charge is 2.24. The van der Waals surface area contributed by atoms with Crippen LogP contribution in [0.1, 0.15) is 5.56 Å². The highest BCUT2D eigenvalue weighted by Crippen LogP contribution is 2.27. The summed E-state index contributed by atoms with van der Waals surface area (Å²) in [6, 6.07) is 11.6. The fraction of sp³-hybridized carbons (Fsp3) is 0.300. The second-order valence-electron chi connectivity index (χ2n) is 6.70. The Morgan fingerprint density at radius 3 is 2.40 bits per heavy atom. The lowest BCUT2D eigenvalue weighted by molar-refractivity contribution is -0.131. The fourth-order valence-corrected chi connectivity index (χ4v) is 3.82. The van der Waals surface area contributed by atoms with Gasteiger partial charge < -0.3 is 15.0 Å². The molecule has 0 aromatic heterocycles. The number of likely N-dealkylation sites (N-methyl/N-ethyl adjacent to an activating group) is 1. The summed E-state index contributed by atoms with van der Waals surface area (Å²) in [5.41, 5.74) is 1.49. The highest BCUT2D eigenvalue weighted by molar-refractivity contribution is 7.92.